The third kappa shape index (κ3) is 3.06. The van der Waals surface area contributed by atoms with Gasteiger partial charge in [0.1, 0.15) is 0 Å². The molecule has 20 heavy (non-hydrogen) atoms. The first kappa shape index (κ1) is 14.4. The molecular formula is C14H11BrClNOS2. The maximum Gasteiger partial charge on any atom is 0.265 e. The number of benzene rings is 1. The van der Waals surface area contributed by atoms with Crippen molar-refractivity contribution in [2.24, 2.45) is 0 Å². The van der Waals surface area contributed by atoms with Crippen molar-refractivity contribution in [3.63, 3.8) is 0 Å². The summed E-state index contributed by atoms with van der Waals surface area (Å²) >= 11 is 12.8. The van der Waals surface area contributed by atoms with Gasteiger partial charge in [-0.2, -0.15) is 11.8 Å². The summed E-state index contributed by atoms with van der Waals surface area (Å²) in [5.74, 6) is 2.12. The third-order valence-electron chi connectivity index (χ3n) is 3.03. The van der Waals surface area contributed by atoms with Crippen molar-refractivity contribution in [3.05, 3.63) is 49.1 Å². The van der Waals surface area contributed by atoms with E-state index < -0.39 is 0 Å². The molecule has 1 amide bonds. The molecule has 0 spiro atoms. The Balaban J connectivity index is 1.78. The van der Waals surface area contributed by atoms with Gasteiger partial charge in [-0.15, -0.1) is 11.3 Å². The molecule has 2 aromatic rings. The molecule has 2 nitrogen and oxygen atoms in total. The number of carbonyl (C=O) groups is 1. The van der Waals surface area contributed by atoms with Crippen molar-refractivity contribution in [1.29, 1.82) is 0 Å². The van der Waals surface area contributed by atoms with E-state index in [1.54, 1.807) is 23.5 Å². The number of thiophene rings is 1. The lowest BCUT2D eigenvalue weighted by atomic mass is 10.2. The zero-order chi connectivity index (χ0) is 14.1. The van der Waals surface area contributed by atoms with Gasteiger partial charge >= 0.3 is 0 Å². The van der Waals surface area contributed by atoms with Gasteiger partial charge in [-0.05, 0) is 57.9 Å². The molecule has 0 atom stereocenters. The first-order valence-electron chi connectivity index (χ1n) is 6.09. The number of halogens is 2. The van der Waals surface area contributed by atoms with Crippen LogP contribution in [0.3, 0.4) is 0 Å². The monoisotopic (exact) mass is 387 g/mol. The van der Waals surface area contributed by atoms with Crippen molar-refractivity contribution in [1.82, 2.24) is 0 Å². The Kier molecular flexibility index (Phi) is 4.40. The molecular weight excluding hydrogens is 378 g/mol. The number of rotatable bonds is 2. The van der Waals surface area contributed by atoms with E-state index in [1.165, 1.54) is 10.4 Å². The maximum atomic E-state index is 12.3. The minimum absolute atomic E-state index is 0.0522. The normalized spacial score (nSPS) is 13.9. The zero-order valence-electron chi connectivity index (χ0n) is 10.4. The summed E-state index contributed by atoms with van der Waals surface area (Å²) in [7, 11) is 0. The van der Waals surface area contributed by atoms with E-state index in [0.717, 1.165) is 33.0 Å². The fourth-order valence-corrected chi connectivity index (χ4v) is 4.79. The lowest BCUT2D eigenvalue weighted by Gasteiger charge is -2.08. The topological polar surface area (TPSA) is 29.1 Å². The molecule has 3 rings (SSSR count). The second-order valence-electron chi connectivity index (χ2n) is 4.44. The van der Waals surface area contributed by atoms with Crippen LogP contribution in [0.2, 0.25) is 5.02 Å². The van der Waals surface area contributed by atoms with Gasteiger partial charge < -0.3 is 5.32 Å². The number of hydrogen-bond donors (Lipinski definition) is 1. The highest BCUT2D eigenvalue weighted by molar-refractivity contribution is 9.10. The fraction of sp³-hybridized carbons (Fsp3) is 0.214. The van der Waals surface area contributed by atoms with Crippen molar-refractivity contribution in [2.45, 2.75) is 12.2 Å². The van der Waals surface area contributed by atoms with E-state index in [0.29, 0.717) is 5.02 Å². The number of thioether (sulfide) groups is 1. The molecule has 0 fully saturated rings. The van der Waals surface area contributed by atoms with Crippen molar-refractivity contribution < 1.29 is 4.79 Å². The molecule has 1 aromatic carbocycles. The predicted octanol–water partition coefficient (Wildman–Crippen LogP) is 5.21. The SMILES string of the molecule is O=C(Nc1ccc(Cl)c(Br)c1)c1cc2c(s1)CCSC2. The summed E-state index contributed by atoms with van der Waals surface area (Å²) in [5.41, 5.74) is 2.06. The summed E-state index contributed by atoms with van der Waals surface area (Å²) < 4.78 is 0.777. The van der Waals surface area contributed by atoms with Gasteiger partial charge in [-0.3, -0.25) is 4.79 Å². The number of anilines is 1. The van der Waals surface area contributed by atoms with Gasteiger partial charge in [0.25, 0.3) is 5.91 Å². The van der Waals surface area contributed by atoms with Crippen LogP contribution in [0, 0.1) is 0 Å². The van der Waals surface area contributed by atoms with Crippen LogP contribution in [0.5, 0.6) is 0 Å². The van der Waals surface area contributed by atoms with Crippen LogP contribution >= 0.6 is 50.6 Å². The smallest absolute Gasteiger partial charge is 0.265 e. The number of fused-ring (bicyclic) bond motifs is 1. The van der Waals surface area contributed by atoms with Crippen LogP contribution in [-0.2, 0) is 12.2 Å². The Hall–Kier alpha value is -0.490. The van der Waals surface area contributed by atoms with Crippen LogP contribution in [0.4, 0.5) is 5.69 Å². The highest BCUT2D eigenvalue weighted by Crippen LogP contribution is 2.32. The Morgan fingerprint density at radius 1 is 1.35 bits per heavy atom. The van der Waals surface area contributed by atoms with Crippen molar-refractivity contribution >= 4 is 62.2 Å². The van der Waals surface area contributed by atoms with Crippen LogP contribution in [0.1, 0.15) is 20.1 Å². The summed E-state index contributed by atoms with van der Waals surface area (Å²) in [6.07, 6.45) is 1.07. The summed E-state index contributed by atoms with van der Waals surface area (Å²) in [4.78, 5) is 14.4. The molecule has 0 bridgehead atoms. The van der Waals surface area contributed by atoms with Crippen LogP contribution in [-0.4, -0.2) is 11.7 Å². The lowest BCUT2D eigenvalue weighted by molar-refractivity contribution is 0.103. The first-order chi connectivity index (χ1) is 9.63. The first-order valence-corrected chi connectivity index (χ1v) is 9.23. The second kappa shape index (κ2) is 6.10. The highest BCUT2D eigenvalue weighted by Gasteiger charge is 2.17. The van der Waals surface area contributed by atoms with E-state index in [9.17, 15) is 4.79 Å². The van der Waals surface area contributed by atoms with E-state index >= 15 is 0 Å². The largest absolute Gasteiger partial charge is 0.321 e. The molecule has 0 aliphatic carbocycles. The molecule has 2 heterocycles. The maximum absolute atomic E-state index is 12.3. The summed E-state index contributed by atoms with van der Waals surface area (Å²) in [6, 6.07) is 7.39. The van der Waals surface area contributed by atoms with Gasteiger partial charge in [0.15, 0.2) is 0 Å². The molecule has 1 aliphatic rings. The fourth-order valence-electron chi connectivity index (χ4n) is 2.03. The standard InChI is InChI=1S/C14H11BrClNOS2/c15-10-6-9(1-2-11(10)16)17-14(18)13-5-8-7-19-4-3-12(8)20-13/h1-2,5-6H,3-4,7H2,(H,17,18). The van der Waals surface area contributed by atoms with Crippen LogP contribution < -0.4 is 5.32 Å². The predicted molar refractivity (Wildman–Crippen MR) is 91.3 cm³/mol. The quantitative estimate of drug-likeness (QED) is 0.765. The van der Waals surface area contributed by atoms with Gasteiger partial charge in [0.2, 0.25) is 0 Å². The molecule has 6 heteroatoms. The molecule has 0 radical (unpaired) electrons. The number of hydrogen-bond acceptors (Lipinski definition) is 3. The summed E-state index contributed by atoms with van der Waals surface area (Å²) in [5, 5.41) is 3.54. The average Bonchev–Trinajstić information content (AvgIpc) is 2.87. The second-order valence-corrected chi connectivity index (χ2v) is 7.95. The van der Waals surface area contributed by atoms with E-state index in [-0.39, 0.29) is 5.91 Å². The number of aryl methyl sites for hydroxylation is 1. The minimum Gasteiger partial charge on any atom is -0.321 e. The minimum atomic E-state index is -0.0522. The van der Waals surface area contributed by atoms with Gasteiger partial charge in [-0.1, -0.05) is 11.6 Å². The van der Waals surface area contributed by atoms with Crippen LogP contribution in [0.25, 0.3) is 0 Å². The van der Waals surface area contributed by atoms with Gasteiger partial charge in [-0.25, -0.2) is 0 Å². The summed E-state index contributed by atoms with van der Waals surface area (Å²) in [6.45, 7) is 0. The Morgan fingerprint density at radius 2 is 2.20 bits per heavy atom. The Bertz CT molecular complexity index is 648. The number of amides is 1. The van der Waals surface area contributed by atoms with Gasteiger partial charge in [0.05, 0.1) is 9.90 Å². The van der Waals surface area contributed by atoms with E-state index in [2.05, 4.69) is 21.2 Å². The number of carbonyl (C=O) groups excluding carboxylic acids is 1. The molecule has 0 saturated carbocycles. The Morgan fingerprint density at radius 3 is 2.95 bits per heavy atom. The highest BCUT2D eigenvalue weighted by atomic mass is 79.9. The van der Waals surface area contributed by atoms with Gasteiger partial charge in [0, 0.05) is 20.8 Å². The van der Waals surface area contributed by atoms with Crippen molar-refractivity contribution in [2.75, 3.05) is 11.1 Å². The van der Waals surface area contributed by atoms with E-state index in [4.69, 9.17) is 11.6 Å². The molecule has 104 valence electrons. The Labute approximate surface area is 139 Å². The molecule has 1 N–H and O–H groups in total. The molecule has 1 aromatic heterocycles. The lowest BCUT2D eigenvalue weighted by Crippen LogP contribution is -2.10. The van der Waals surface area contributed by atoms with E-state index in [1.807, 2.05) is 23.9 Å². The molecule has 0 saturated heterocycles. The zero-order valence-corrected chi connectivity index (χ0v) is 14.4. The van der Waals surface area contributed by atoms with Crippen molar-refractivity contribution in [3.8, 4) is 0 Å². The number of nitrogens with one attached hydrogen (secondary N) is 1. The average molecular weight is 389 g/mol. The molecule has 0 unspecified atom stereocenters. The molecule has 1 aliphatic heterocycles. The van der Waals surface area contributed by atoms with Crippen LogP contribution in [0.15, 0.2) is 28.7 Å². The third-order valence-corrected chi connectivity index (χ3v) is 6.49.